The molecule has 0 spiro atoms. The monoisotopic (exact) mass is 414 g/mol. The molecule has 3 aromatic carbocycles. The van der Waals surface area contributed by atoms with Crippen LogP contribution in [-0.2, 0) is 0 Å². The molecule has 0 saturated heterocycles. The van der Waals surface area contributed by atoms with E-state index in [9.17, 15) is 14.0 Å². The molecular weight excluding hydrogens is 395 g/mol. The minimum Gasteiger partial charge on any atom is -0.267 e. The quantitative estimate of drug-likeness (QED) is 0.395. The maximum atomic E-state index is 13.2. The van der Waals surface area contributed by atoms with Gasteiger partial charge < -0.3 is 0 Å². The molecule has 0 bridgehead atoms. The lowest BCUT2D eigenvalue weighted by Crippen LogP contribution is -2.28. The Morgan fingerprint density at radius 1 is 0.968 bits per heavy atom. The Bertz CT molecular complexity index is 1330. The molecular formula is C24H19FN4O2. The van der Waals surface area contributed by atoms with Crippen LogP contribution in [0.2, 0.25) is 0 Å². The van der Waals surface area contributed by atoms with Gasteiger partial charge in [0.05, 0.1) is 16.8 Å². The number of hydrogen-bond acceptors (Lipinski definition) is 4. The first-order valence-corrected chi connectivity index (χ1v) is 9.79. The van der Waals surface area contributed by atoms with Gasteiger partial charge in [0.1, 0.15) is 5.82 Å². The lowest BCUT2D eigenvalue weighted by Gasteiger charge is -2.11. The topological polar surface area (TPSA) is 76.3 Å². The van der Waals surface area contributed by atoms with E-state index in [1.165, 1.54) is 16.8 Å². The molecule has 1 amide bonds. The highest BCUT2D eigenvalue weighted by Crippen LogP contribution is 2.15. The van der Waals surface area contributed by atoms with Gasteiger partial charge in [0.25, 0.3) is 11.5 Å². The fourth-order valence-corrected chi connectivity index (χ4v) is 3.26. The summed E-state index contributed by atoms with van der Waals surface area (Å²) in [5.74, 6) is -0.893. The molecule has 4 aromatic rings. The molecule has 0 radical (unpaired) electrons. The minimum absolute atomic E-state index is 0.0809. The van der Waals surface area contributed by atoms with Crippen LogP contribution >= 0.6 is 0 Å². The normalized spacial score (nSPS) is 11.5. The number of aromatic nitrogens is 2. The first-order valence-electron chi connectivity index (χ1n) is 9.79. The number of nitrogens with one attached hydrogen (secondary N) is 1. The third-order valence-electron chi connectivity index (χ3n) is 4.83. The summed E-state index contributed by atoms with van der Waals surface area (Å²) in [5, 5.41) is 9.37. The van der Waals surface area contributed by atoms with Crippen molar-refractivity contribution in [2.75, 3.05) is 0 Å². The highest BCUT2D eigenvalue weighted by atomic mass is 19.1. The summed E-state index contributed by atoms with van der Waals surface area (Å²) in [7, 11) is 0. The number of fused-ring (bicyclic) bond motifs is 1. The molecule has 0 aliphatic rings. The molecule has 154 valence electrons. The van der Waals surface area contributed by atoms with Crippen molar-refractivity contribution >= 4 is 22.4 Å². The van der Waals surface area contributed by atoms with Gasteiger partial charge in [-0.1, -0.05) is 55.5 Å². The zero-order valence-corrected chi connectivity index (χ0v) is 16.7. The SMILES string of the molecule is CC/C(=N/NC(=O)c1nn(-c2ccccc2)c(=O)c2ccccc12)c1ccc(F)cc1. The number of nitrogens with zero attached hydrogens (tertiary/aromatic N) is 3. The molecule has 6 nitrogen and oxygen atoms in total. The third-order valence-corrected chi connectivity index (χ3v) is 4.83. The molecule has 0 atom stereocenters. The van der Waals surface area contributed by atoms with E-state index in [2.05, 4.69) is 15.6 Å². The van der Waals surface area contributed by atoms with E-state index in [1.54, 1.807) is 60.7 Å². The van der Waals surface area contributed by atoms with Gasteiger partial charge in [-0.25, -0.2) is 9.82 Å². The molecule has 31 heavy (non-hydrogen) atoms. The summed E-state index contributed by atoms with van der Waals surface area (Å²) in [6.45, 7) is 1.89. The molecule has 1 N–H and O–H groups in total. The van der Waals surface area contributed by atoms with Crippen molar-refractivity contribution in [1.82, 2.24) is 15.2 Å². The summed E-state index contributed by atoms with van der Waals surface area (Å²) in [5.41, 5.74) is 4.14. The third kappa shape index (κ3) is 4.11. The van der Waals surface area contributed by atoms with Crippen molar-refractivity contribution in [3.63, 3.8) is 0 Å². The van der Waals surface area contributed by atoms with Crippen LogP contribution < -0.4 is 11.0 Å². The average Bonchev–Trinajstić information content (AvgIpc) is 2.81. The van der Waals surface area contributed by atoms with E-state index in [-0.39, 0.29) is 17.1 Å². The fourth-order valence-electron chi connectivity index (χ4n) is 3.26. The van der Waals surface area contributed by atoms with Gasteiger partial charge in [0.15, 0.2) is 5.69 Å². The Morgan fingerprint density at radius 2 is 1.61 bits per heavy atom. The Morgan fingerprint density at radius 3 is 2.29 bits per heavy atom. The highest BCUT2D eigenvalue weighted by Gasteiger charge is 2.17. The van der Waals surface area contributed by atoms with Crippen LogP contribution in [0.4, 0.5) is 4.39 Å². The van der Waals surface area contributed by atoms with Crippen LogP contribution in [0.1, 0.15) is 29.4 Å². The number of rotatable bonds is 5. The maximum absolute atomic E-state index is 13.2. The largest absolute Gasteiger partial charge is 0.292 e. The van der Waals surface area contributed by atoms with Crippen molar-refractivity contribution < 1.29 is 9.18 Å². The zero-order chi connectivity index (χ0) is 21.8. The van der Waals surface area contributed by atoms with E-state index < -0.39 is 5.91 Å². The van der Waals surface area contributed by atoms with E-state index in [0.717, 1.165) is 0 Å². The zero-order valence-electron chi connectivity index (χ0n) is 16.7. The van der Waals surface area contributed by atoms with Gasteiger partial charge in [-0.3, -0.25) is 9.59 Å². The van der Waals surface area contributed by atoms with E-state index in [1.807, 2.05) is 13.0 Å². The first-order chi connectivity index (χ1) is 15.1. The number of hydrogen-bond donors (Lipinski definition) is 1. The van der Waals surface area contributed by atoms with Gasteiger partial charge in [-0.05, 0) is 42.3 Å². The number of hydrazone groups is 1. The lowest BCUT2D eigenvalue weighted by molar-refractivity contribution is 0.0950. The predicted octanol–water partition coefficient (Wildman–Crippen LogP) is 4.07. The van der Waals surface area contributed by atoms with Gasteiger partial charge in [-0.15, -0.1) is 0 Å². The Balaban J connectivity index is 1.76. The van der Waals surface area contributed by atoms with Crippen LogP contribution in [0.25, 0.3) is 16.5 Å². The van der Waals surface area contributed by atoms with E-state index in [4.69, 9.17) is 0 Å². The van der Waals surface area contributed by atoms with Crippen LogP contribution in [-0.4, -0.2) is 21.4 Å². The number of carbonyl (C=O) groups excluding carboxylic acids is 1. The number of carbonyl (C=O) groups is 1. The molecule has 0 aliphatic heterocycles. The van der Waals surface area contributed by atoms with Crippen LogP contribution in [0.3, 0.4) is 0 Å². The molecule has 1 heterocycles. The smallest absolute Gasteiger partial charge is 0.267 e. The van der Waals surface area contributed by atoms with Gasteiger partial charge >= 0.3 is 0 Å². The predicted molar refractivity (Wildman–Crippen MR) is 118 cm³/mol. The van der Waals surface area contributed by atoms with Crippen LogP contribution in [0.5, 0.6) is 0 Å². The summed E-state index contributed by atoms with van der Waals surface area (Å²) in [6.07, 6.45) is 0.531. The second kappa shape index (κ2) is 8.71. The van der Waals surface area contributed by atoms with Gasteiger partial charge in [0, 0.05) is 5.39 Å². The number of amides is 1. The number of para-hydroxylation sites is 1. The van der Waals surface area contributed by atoms with Crippen molar-refractivity contribution in [2.24, 2.45) is 5.10 Å². The summed E-state index contributed by atoms with van der Waals surface area (Å²) < 4.78 is 14.4. The van der Waals surface area contributed by atoms with Crippen LogP contribution in [0.15, 0.2) is 88.8 Å². The maximum Gasteiger partial charge on any atom is 0.292 e. The van der Waals surface area contributed by atoms with E-state index in [0.29, 0.717) is 34.2 Å². The molecule has 1 aromatic heterocycles. The van der Waals surface area contributed by atoms with Crippen molar-refractivity contribution in [1.29, 1.82) is 0 Å². The van der Waals surface area contributed by atoms with Crippen molar-refractivity contribution in [2.45, 2.75) is 13.3 Å². The average molecular weight is 414 g/mol. The Hall–Kier alpha value is -4.13. The standard InChI is InChI=1S/C24H19FN4O2/c1-2-21(16-12-14-17(25)15-13-16)26-27-23(30)22-19-10-6-7-11-20(19)24(31)29(28-22)18-8-4-3-5-9-18/h3-15H,2H2,1H3,(H,27,30)/b26-21-. The molecule has 4 rings (SSSR count). The molecule has 0 unspecified atom stereocenters. The molecule has 0 aliphatic carbocycles. The van der Waals surface area contributed by atoms with Crippen LogP contribution in [0, 0.1) is 5.82 Å². The second-order valence-electron chi connectivity index (χ2n) is 6.81. The molecule has 7 heteroatoms. The fraction of sp³-hybridized carbons (Fsp3) is 0.0833. The summed E-state index contributed by atoms with van der Waals surface area (Å²) in [4.78, 5) is 25.9. The van der Waals surface area contributed by atoms with E-state index >= 15 is 0 Å². The summed E-state index contributed by atoms with van der Waals surface area (Å²) in [6, 6.07) is 21.6. The Labute approximate surface area is 177 Å². The van der Waals surface area contributed by atoms with Gasteiger partial charge in [0.2, 0.25) is 0 Å². The lowest BCUT2D eigenvalue weighted by atomic mass is 10.1. The van der Waals surface area contributed by atoms with Crippen molar-refractivity contribution in [3.8, 4) is 5.69 Å². The molecule has 0 saturated carbocycles. The second-order valence-corrected chi connectivity index (χ2v) is 6.81. The number of benzene rings is 3. The highest BCUT2D eigenvalue weighted by molar-refractivity contribution is 6.06. The summed E-state index contributed by atoms with van der Waals surface area (Å²) >= 11 is 0. The Kier molecular flexibility index (Phi) is 5.66. The first kappa shape index (κ1) is 20.2. The van der Waals surface area contributed by atoms with Crippen molar-refractivity contribution in [3.05, 3.63) is 106 Å². The number of halogens is 1. The minimum atomic E-state index is -0.547. The van der Waals surface area contributed by atoms with Gasteiger partial charge in [-0.2, -0.15) is 14.9 Å². The molecule has 0 fully saturated rings.